The maximum atomic E-state index is 9.07. The Labute approximate surface area is 89.7 Å². The Balaban J connectivity index is 2.54. The molecule has 2 unspecified atom stereocenters. The Morgan fingerprint density at radius 1 is 1.20 bits per heavy atom. The third-order valence-corrected chi connectivity index (χ3v) is 4.86. The summed E-state index contributed by atoms with van der Waals surface area (Å²) in [5.74, 6) is 0.318. The fraction of sp³-hybridized carbons (Fsp3) is 0.818. The summed E-state index contributed by atoms with van der Waals surface area (Å²) in [6, 6.07) is 0. The Bertz CT molecular complexity index is 346. The van der Waals surface area contributed by atoms with Crippen LogP contribution in [0.2, 0.25) is 0 Å². The van der Waals surface area contributed by atoms with Gasteiger partial charge in [0.25, 0.3) is 0 Å². The first-order valence-corrected chi connectivity index (χ1v) is 5.39. The minimum Gasteiger partial charge on any atom is -0.411 e. The second-order valence-electron chi connectivity index (χ2n) is 5.46. The predicted molar refractivity (Wildman–Crippen MR) is 57.7 cm³/mol. The van der Waals surface area contributed by atoms with Gasteiger partial charge in [0, 0.05) is 17.8 Å². The van der Waals surface area contributed by atoms with Crippen molar-refractivity contribution in [2.45, 2.75) is 40.0 Å². The molecule has 0 aromatic heterocycles. The zero-order chi connectivity index (χ0) is 11.3. The highest BCUT2D eigenvalue weighted by atomic mass is 16.4. The Hall–Kier alpha value is -1.06. The molecule has 0 aromatic carbocycles. The van der Waals surface area contributed by atoms with E-state index in [1.807, 2.05) is 0 Å². The van der Waals surface area contributed by atoms with E-state index >= 15 is 0 Å². The molecule has 2 N–H and O–H groups in total. The number of hydrogen-bond donors (Lipinski definition) is 2. The Morgan fingerprint density at radius 2 is 1.87 bits per heavy atom. The van der Waals surface area contributed by atoms with E-state index in [9.17, 15) is 0 Å². The lowest BCUT2D eigenvalue weighted by atomic mass is 9.57. The van der Waals surface area contributed by atoms with Gasteiger partial charge in [0.2, 0.25) is 0 Å². The van der Waals surface area contributed by atoms with E-state index in [-0.39, 0.29) is 10.8 Å². The van der Waals surface area contributed by atoms with Crippen LogP contribution in [0.1, 0.15) is 40.0 Å². The number of oxime groups is 2. The van der Waals surface area contributed by atoms with Crippen LogP contribution < -0.4 is 0 Å². The van der Waals surface area contributed by atoms with Crippen molar-refractivity contribution in [3.8, 4) is 0 Å². The first-order chi connectivity index (χ1) is 6.97. The summed E-state index contributed by atoms with van der Waals surface area (Å²) in [7, 11) is 0. The van der Waals surface area contributed by atoms with Gasteiger partial charge >= 0.3 is 0 Å². The molecule has 0 amide bonds. The van der Waals surface area contributed by atoms with E-state index in [4.69, 9.17) is 10.4 Å². The lowest BCUT2D eigenvalue weighted by molar-refractivity contribution is 0.164. The van der Waals surface area contributed by atoms with Crippen LogP contribution in [0.3, 0.4) is 0 Å². The van der Waals surface area contributed by atoms with Gasteiger partial charge in [-0.15, -0.1) is 0 Å². The van der Waals surface area contributed by atoms with Gasteiger partial charge in [-0.3, -0.25) is 0 Å². The van der Waals surface area contributed by atoms with Crippen LogP contribution in [0.25, 0.3) is 0 Å². The van der Waals surface area contributed by atoms with Crippen molar-refractivity contribution in [1.82, 2.24) is 0 Å². The van der Waals surface area contributed by atoms with Crippen LogP contribution in [0.5, 0.6) is 0 Å². The van der Waals surface area contributed by atoms with Gasteiger partial charge in [0.15, 0.2) is 0 Å². The largest absolute Gasteiger partial charge is 0.411 e. The molecule has 4 heteroatoms. The zero-order valence-electron chi connectivity index (χ0n) is 9.49. The SMILES string of the molecule is CC12CCC(/C(=N/O)C/C1=N\O)C2(C)C. The summed E-state index contributed by atoms with van der Waals surface area (Å²) in [4.78, 5) is 0. The number of hydrogen-bond acceptors (Lipinski definition) is 4. The van der Waals surface area contributed by atoms with Crippen molar-refractivity contribution in [3.63, 3.8) is 0 Å². The lowest BCUT2D eigenvalue weighted by Gasteiger charge is -2.46. The van der Waals surface area contributed by atoms with Gasteiger partial charge < -0.3 is 10.4 Å². The molecule has 2 saturated carbocycles. The summed E-state index contributed by atoms with van der Waals surface area (Å²) in [5, 5.41) is 24.9. The molecule has 2 atom stereocenters. The molecule has 2 aliphatic rings. The van der Waals surface area contributed by atoms with E-state index in [2.05, 4.69) is 31.1 Å². The molecule has 15 heavy (non-hydrogen) atoms. The van der Waals surface area contributed by atoms with E-state index in [1.165, 1.54) is 0 Å². The highest BCUT2D eigenvalue weighted by Gasteiger charge is 2.59. The van der Waals surface area contributed by atoms with Gasteiger partial charge in [-0.2, -0.15) is 0 Å². The normalized spacial score (nSPS) is 43.8. The molecule has 0 aliphatic heterocycles. The number of nitrogens with zero attached hydrogens (tertiary/aromatic N) is 2. The molecule has 0 spiro atoms. The van der Waals surface area contributed by atoms with Gasteiger partial charge in [-0.05, 0) is 18.3 Å². The quantitative estimate of drug-likeness (QED) is 0.476. The molecule has 2 bridgehead atoms. The van der Waals surface area contributed by atoms with Crippen LogP contribution in [-0.2, 0) is 0 Å². The fourth-order valence-corrected chi connectivity index (χ4v) is 3.34. The smallest absolute Gasteiger partial charge is 0.0692 e. The average molecular weight is 210 g/mol. The topological polar surface area (TPSA) is 65.2 Å². The molecule has 0 radical (unpaired) electrons. The maximum Gasteiger partial charge on any atom is 0.0692 e. The highest BCUT2D eigenvalue weighted by Crippen LogP contribution is 2.60. The molecule has 4 nitrogen and oxygen atoms in total. The summed E-state index contributed by atoms with van der Waals surface area (Å²) >= 11 is 0. The van der Waals surface area contributed by atoms with E-state index in [0.717, 1.165) is 24.3 Å². The van der Waals surface area contributed by atoms with E-state index < -0.39 is 0 Å². The van der Waals surface area contributed by atoms with Crippen molar-refractivity contribution >= 4 is 11.4 Å². The Morgan fingerprint density at radius 3 is 2.40 bits per heavy atom. The first kappa shape index (κ1) is 10.5. The monoisotopic (exact) mass is 210 g/mol. The lowest BCUT2D eigenvalue weighted by Crippen LogP contribution is -2.48. The summed E-state index contributed by atoms with van der Waals surface area (Å²) < 4.78 is 0. The second-order valence-corrected chi connectivity index (χ2v) is 5.46. The molecule has 2 fully saturated rings. The van der Waals surface area contributed by atoms with Gasteiger partial charge in [0.05, 0.1) is 11.4 Å². The molecule has 84 valence electrons. The van der Waals surface area contributed by atoms with Crippen molar-refractivity contribution in [1.29, 1.82) is 0 Å². The summed E-state index contributed by atoms with van der Waals surface area (Å²) in [6.45, 7) is 6.48. The zero-order valence-corrected chi connectivity index (χ0v) is 9.49. The fourth-order valence-electron chi connectivity index (χ4n) is 3.34. The van der Waals surface area contributed by atoms with Crippen LogP contribution in [0.15, 0.2) is 10.3 Å². The second kappa shape index (κ2) is 2.97. The highest BCUT2D eigenvalue weighted by molar-refractivity contribution is 6.11. The van der Waals surface area contributed by atoms with Crippen LogP contribution in [0, 0.1) is 16.7 Å². The standard InChI is InChI=1S/C11H18N2O2/c1-10(2)7-4-5-11(10,3)9(13-15)6-8(7)12-14/h7,14-15H,4-6H2,1-3H3/b12-8+,13-9+. The molecular weight excluding hydrogens is 192 g/mol. The van der Waals surface area contributed by atoms with Gasteiger partial charge in [-0.25, -0.2) is 0 Å². The average Bonchev–Trinajstić information content (AvgIpc) is 2.37. The van der Waals surface area contributed by atoms with E-state index in [1.54, 1.807) is 0 Å². The molecule has 0 aromatic rings. The molecule has 2 aliphatic carbocycles. The first-order valence-electron chi connectivity index (χ1n) is 5.39. The molecular formula is C11H18N2O2. The van der Waals surface area contributed by atoms with Crippen LogP contribution >= 0.6 is 0 Å². The summed E-state index contributed by atoms with van der Waals surface area (Å²) in [5.41, 5.74) is 1.48. The molecule has 0 heterocycles. The van der Waals surface area contributed by atoms with Crippen LogP contribution in [-0.4, -0.2) is 21.8 Å². The number of rotatable bonds is 0. The number of fused-ring (bicyclic) bond motifs is 2. The van der Waals surface area contributed by atoms with E-state index in [0.29, 0.717) is 12.3 Å². The van der Waals surface area contributed by atoms with Crippen molar-refractivity contribution in [3.05, 3.63) is 0 Å². The van der Waals surface area contributed by atoms with Gasteiger partial charge in [-0.1, -0.05) is 31.1 Å². The maximum absolute atomic E-state index is 9.07. The Kier molecular flexibility index (Phi) is 2.07. The van der Waals surface area contributed by atoms with Crippen LogP contribution in [0.4, 0.5) is 0 Å². The predicted octanol–water partition coefficient (Wildman–Crippen LogP) is 2.49. The minimum absolute atomic E-state index is 0.00831. The van der Waals surface area contributed by atoms with Crippen molar-refractivity contribution in [2.75, 3.05) is 0 Å². The summed E-state index contributed by atoms with van der Waals surface area (Å²) in [6.07, 6.45) is 2.53. The van der Waals surface area contributed by atoms with Gasteiger partial charge in [0.1, 0.15) is 0 Å². The van der Waals surface area contributed by atoms with Crippen molar-refractivity contribution in [2.24, 2.45) is 27.1 Å². The molecule has 2 rings (SSSR count). The molecule has 0 saturated heterocycles. The minimum atomic E-state index is -0.0550. The third-order valence-electron chi connectivity index (χ3n) is 4.86. The third kappa shape index (κ3) is 1.08. The van der Waals surface area contributed by atoms with Crippen molar-refractivity contribution < 1.29 is 10.4 Å².